The van der Waals surface area contributed by atoms with Gasteiger partial charge < -0.3 is 5.41 Å². The van der Waals surface area contributed by atoms with E-state index in [0.717, 1.165) is 4.68 Å². The molecule has 0 bridgehead atoms. The Hall–Kier alpha value is -2.81. The summed E-state index contributed by atoms with van der Waals surface area (Å²) < 4.78 is 25.5. The second kappa shape index (κ2) is 6.09. The van der Waals surface area contributed by atoms with Crippen LogP contribution in [-0.4, -0.2) is 19.4 Å². The number of aromatic nitrogens is 2. The molecule has 0 saturated heterocycles. The van der Waals surface area contributed by atoms with E-state index in [2.05, 4.69) is 5.10 Å². The van der Waals surface area contributed by atoms with Crippen LogP contribution in [0.3, 0.4) is 0 Å². The van der Waals surface area contributed by atoms with E-state index in [4.69, 9.17) is 10.7 Å². The van der Waals surface area contributed by atoms with E-state index in [9.17, 15) is 8.42 Å². The van der Waals surface area contributed by atoms with Gasteiger partial charge in [-0.15, -0.1) is 0 Å². The van der Waals surface area contributed by atoms with Crippen molar-refractivity contribution in [2.45, 2.75) is 10.6 Å². The molecule has 2 rings (SSSR count). The lowest BCUT2D eigenvalue weighted by Gasteiger charge is -2.03. The van der Waals surface area contributed by atoms with Gasteiger partial charge in [0.2, 0.25) is 6.20 Å². The molecule has 0 radical (unpaired) electrons. The lowest BCUT2D eigenvalue weighted by molar-refractivity contribution is -0.641. The summed E-state index contributed by atoms with van der Waals surface area (Å²) >= 11 is 0. The lowest BCUT2D eigenvalue weighted by atomic mass is 10.3. The average molecular weight is 298 g/mol. The van der Waals surface area contributed by atoms with Gasteiger partial charge in [0, 0.05) is 6.07 Å². The normalized spacial score (nSPS) is 10.4. The van der Waals surface area contributed by atoms with Gasteiger partial charge in [-0.25, -0.2) is 8.42 Å². The Morgan fingerprint density at radius 3 is 2.52 bits per heavy atom. The Morgan fingerprint density at radius 2 is 2.00 bits per heavy atom. The van der Waals surface area contributed by atoms with Crippen molar-refractivity contribution in [3.05, 3.63) is 59.8 Å². The zero-order chi connectivity index (χ0) is 15.3. The number of hydrogen-bond donors (Lipinski definition) is 0. The van der Waals surface area contributed by atoms with E-state index in [-0.39, 0.29) is 16.3 Å². The SMILES string of the molecule is N#CC(=C=[N-])[n+]1ccc(CS(=O)(=O)c2ccccc2)cn1. The monoisotopic (exact) mass is 298 g/mol. The molecule has 104 valence electrons. The molecule has 1 aromatic carbocycles. The third kappa shape index (κ3) is 3.39. The fourth-order valence-electron chi connectivity index (χ4n) is 1.66. The third-order valence-corrected chi connectivity index (χ3v) is 4.38. The average Bonchev–Trinajstić information content (AvgIpc) is 2.51. The first-order chi connectivity index (χ1) is 10.1. The minimum atomic E-state index is -3.44. The minimum Gasteiger partial charge on any atom is -0.757 e. The van der Waals surface area contributed by atoms with Crippen molar-refractivity contribution in [1.82, 2.24) is 5.10 Å². The van der Waals surface area contributed by atoms with Gasteiger partial charge in [-0.1, -0.05) is 18.2 Å². The molecule has 1 heterocycles. The maximum atomic E-state index is 12.2. The molecule has 1 aromatic heterocycles. The minimum absolute atomic E-state index is 0.188. The summed E-state index contributed by atoms with van der Waals surface area (Å²) in [6, 6.07) is 11.3. The van der Waals surface area contributed by atoms with E-state index in [1.54, 1.807) is 30.1 Å². The summed E-state index contributed by atoms with van der Waals surface area (Å²) in [6.07, 6.45) is 2.72. The van der Waals surface area contributed by atoms with Gasteiger partial charge in [-0.2, -0.15) is 11.1 Å². The molecule has 7 heteroatoms. The molecular weight excluding hydrogens is 288 g/mol. The number of rotatable bonds is 4. The predicted octanol–water partition coefficient (Wildman–Crippen LogP) is 0.947. The van der Waals surface area contributed by atoms with Crippen molar-refractivity contribution in [3.8, 4) is 6.07 Å². The molecule has 0 aliphatic carbocycles. The van der Waals surface area contributed by atoms with Crippen molar-refractivity contribution in [1.29, 1.82) is 5.26 Å². The smallest absolute Gasteiger partial charge is 0.335 e. The highest BCUT2D eigenvalue weighted by atomic mass is 32.2. The van der Waals surface area contributed by atoms with E-state index in [1.165, 1.54) is 30.6 Å². The maximum absolute atomic E-state index is 12.2. The lowest BCUT2D eigenvalue weighted by Crippen LogP contribution is -2.36. The number of nitriles is 1. The molecule has 21 heavy (non-hydrogen) atoms. The van der Waals surface area contributed by atoms with E-state index >= 15 is 0 Å². The van der Waals surface area contributed by atoms with Crippen LogP contribution >= 0.6 is 0 Å². The Kier molecular flexibility index (Phi) is 4.24. The molecule has 0 aliphatic rings. The number of sulfone groups is 1. The van der Waals surface area contributed by atoms with Crippen molar-refractivity contribution in [2.24, 2.45) is 0 Å². The topological polar surface area (TPSA) is 97.0 Å². The molecule has 0 fully saturated rings. The highest BCUT2D eigenvalue weighted by molar-refractivity contribution is 7.90. The Morgan fingerprint density at radius 1 is 1.29 bits per heavy atom. The molecule has 0 spiro atoms. The number of hydrogen-bond acceptors (Lipinski definition) is 4. The van der Waals surface area contributed by atoms with Gasteiger partial charge in [-0.3, -0.25) is 0 Å². The fraction of sp³-hybridized carbons (Fsp3) is 0.0714. The molecule has 2 aromatic rings. The highest BCUT2D eigenvalue weighted by Gasteiger charge is 2.17. The van der Waals surface area contributed by atoms with Crippen LogP contribution in [0.1, 0.15) is 5.56 Å². The highest BCUT2D eigenvalue weighted by Crippen LogP contribution is 2.14. The molecule has 0 atom stereocenters. The Bertz CT molecular complexity index is 831. The molecule has 0 aliphatic heterocycles. The first-order valence-corrected chi connectivity index (χ1v) is 7.54. The number of benzene rings is 1. The molecule has 0 unspecified atom stereocenters. The van der Waals surface area contributed by atoms with Crippen LogP contribution in [0.15, 0.2) is 53.7 Å². The zero-order valence-corrected chi connectivity index (χ0v) is 11.7. The standard InChI is InChI=1S/C14H10N4O2S/c15-8-13(9-16)18-7-6-12(10-17-18)11-21(19,20)14-4-2-1-3-5-14/h1-7,10H,11H2. The molecule has 0 N–H and O–H groups in total. The predicted molar refractivity (Wildman–Crippen MR) is 75.4 cm³/mol. The molecule has 0 saturated carbocycles. The Balaban J connectivity index is 2.26. The van der Waals surface area contributed by atoms with Crippen LogP contribution in [0.4, 0.5) is 0 Å². The molecule has 0 amide bonds. The van der Waals surface area contributed by atoms with Crippen molar-refractivity contribution in [2.75, 3.05) is 0 Å². The van der Waals surface area contributed by atoms with Gasteiger partial charge in [0.15, 0.2) is 15.9 Å². The molecule has 6 nitrogen and oxygen atoms in total. The first-order valence-electron chi connectivity index (χ1n) is 5.89. The summed E-state index contributed by atoms with van der Waals surface area (Å²) in [4.78, 5) is 0.239. The van der Waals surface area contributed by atoms with Gasteiger partial charge in [0.1, 0.15) is 0 Å². The number of nitrogens with zero attached hydrogens (tertiary/aromatic N) is 4. The second-order valence-corrected chi connectivity index (χ2v) is 6.11. The quantitative estimate of drug-likeness (QED) is 0.476. The molecular formula is C14H10N4O2S. The largest absolute Gasteiger partial charge is 0.757 e. The van der Waals surface area contributed by atoms with Crippen LogP contribution in [0.5, 0.6) is 0 Å². The summed E-state index contributed by atoms with van der Waals surface area (Å²) in [6.45, 7) is 0. The van der Waals surface area contributed by atoms with Crippen LogP contribution in [-0.2, 0) is 15.6 Å². The van der Waals surface area contributed by atoms with Gasteiger partial charge in [0.25, 0.3) is 0 Å². The van der Waals surface area contributed by atoms with Crippen molar-refractivity contribution in [3.63, 3.8) is 0 Å². The van der Waals surface area contributed by atoms with Gasteiger partial charge in [-0.05, 0) is 27.5 Å². The fourth-order valence-corrected chi connectivity index (χ4v) is 3.01. The zero-order valence-electron chi connectivity index (χ0n) is 10.8. The summed E-state index contributed by atoms with van der Waals surface area (Å²) in [7, 11) is -3.44. The first kappa shape index (κ1) is 14.6. The Labute approximate surface area is 122 Å². The van der Waals surface area contributed by atoms with Crippen LogP contribution in [0.2, 0.25) is 0 Å². The summed E-state index contributed by atoms with van der Waals surface area (Å²) in [5.41, 5.74) is 0.290. The summed E-state index contributed by atoms with van der Waals surface area (Å²) in [5, 5.41) is 21.3. The van der Waals surface area contributed by atoms with E-state index in [0.29, 0.717) is 5.56 Å². The second-order valence-electron chi connectivity index (χ2n) is 4.12. The van der Waals surface area contributed by atoms with Gasteiger partial charge >= 0.3 is 5.70 Å². The van der Waals surface area contributed by atoms with Crippen LogP contribution in [0, 0.1) is 11.3 Å². The summed E-state index contributed by atoms with van der Waals surface area (Å²) in [5.74, 6) is 1.50. The van der Waals surface area contributed by atoms with Crippen molar-refractivity contribution < 1.29 is 13.1 Å². The third-order valence-electron chi connectivity index (χ3n) is 2.68. The van der Waals surface area contributed by atoms with E-state index in [1.807, 2.05) is 0 Å². The van der Waals surface area contributed by atoms with Crippen molar-refractivity contribution >= 4 is 21.4 Å². The number of allylic oxidation sites excluding steroid dienone is 1. The van der Waals surface area contributed by atoms with E-state index < -0.39 is 9.84 Å². The van der Waals surface area contributed by atoms with Crippen LogP contribution < -0.4 is 4.68 Å². The van der Waals surface area contributed by atoms with Crippen LogP contribution in [0.25, 0.3) is 11.1 Å². The van der Waals surface area contributed by atoms with Gasteiger partial charge in [0.05, 0.1) is 16.8 Å². The maximum Gasteiger partial charge on any atom is 0.335 e.